The van der Waals surface area contributed by atoms with Gasteiger partial charge in [-0.3, -0.25) is 29.4 Å². The number of hydrogen-bond acceptors (Lipinski definition) is 7. The summed E-state index contributed by atoms with van der Waals surface area (Å²) in [5.41, 5.74) is 6.60. The van der Waals surface area contributed by atoms with Gasteiger partial charge in [-0.1, -0.05) is 6.07 Å². The Morgan fingerprint density at radius 1 is 1.19 bits per heavy atom. The van der Waals surface area contributed by atoms with Gasteiger partial charge in [-0.15, -0.1) is 0 Å². The van der Waals surface area contributed by atoms with Crippen LogP contribution in [0.3, 0.4) is 0 Å². The number of piperidine rings is 1. The summed E-state index contributed by atoms with van der Waals surface area (Å²) in [4.78, 5) is 58.7. The maximum absolute atomic E-state index is 12.8. The van der Waals surface area contributed by atoms with E-state index in [1.54, 1.807) is 18.2 Å². The highest BCUT2D eigenvalue weighted by Gasteiger charge is 2.45. The highest BCUT2D eigenvalue weighted by molar-refractivity contribution is 6.25. The Bertz CT molecular complexity index is 934. The Morgan fingerprint density at radius 2 is 1.84 bits per heavy atom. The lowest BCUT2D eigenvalue weighted by atomic mass is 10.0. The smallest absolute Gasteiger partial charge is 0.475 e. The number of carboxylic acid groups (broad SMARTS) is 1. The van der Waals surface area contributed by atoms with Crippen LogP contribution in [-0.2, 0) is 14.4 Å². The number of carbonyl (C=O) groups is 5. The van der Waals surface area contributed by atoms with E-state index in [-0.39, 0.29) is 29.9 Å². The van der Waals surface area contributed by atoms with Crippen LogP contribution in [0.5, 0.6) is 0 Å². The summed E-state index contributed by atoms with van der Waals surface area (Å²) in [6, 6.07) is 4.06. The number of anilines is 1. The summed E-state index contributed by atoms with van der Waals surface area (Å²) < 4.78 is 31.7. The second-order valence-electron chi connectivity index (χ2n) is 6.90. The number of nitrogens with one attached hydrogen (secondary N) is 2. The molecule has 2 aliphatic rings. The van der Waals surface area contributed by atoms with Crippen LogP contribution in [0.2, 0.25) is 0 Å². The van der Waals surface area contributed by atoms with Crippen molar-refractivity contribution in [3.63, 3.8) is 0 Å². The highest BCUT2D eigenvalue weighted by atomic mass is 19.4. The van der Waals surface area contributed by atoms with Gasteiger partial charge in [0.05, 0.1) is 11.1 Å². The molecule has 3 rings (SSSR count). The normalized spacial score (nSPS) is 18.0. The predicted octanol–water partition coefficient (Wildman–Crippen LogP) is 0.872. The molecule has 1 saturated heterocycles. The van der Waals surface area contributed by atoms with E-state index in [0.29, 0.717) is 18.8 Å². The molecule has 174 valence electrons. The number of halogens is 3. The Balaban J connectivity index is 0.000000451. The van der Waals surface area contributed by atoms with Gasteiger partial charge in [0.2, 0.25) is 11.8 Å². The second-order valence-corrected chi connectivity index (χ2v) is 6.90. The van der Waals surface area contributed by atoms with Crippen LogP contribution in [-0.4, -0.2) is 64.9 Å². The third-order valence-corrected chi connectivity index (χ3v) is 4.66. The first-order valence-corrected chi connectivity index (χ1v) is 9.57. The zero-order chi connectivity index (χ0) is 24.1. The molecule has 1 aromatic rings. The summed E-state index contributed by atoms with van der Waals surface area (Å²) >= 11 is 0. The van der Waals surface area contributed by atoms with Crippen LogP contribution in [0.15, 0.2) is 18.2 Å². The molecule has 2 heterocycles. The van der Waals surface area contributed by atoms with Gasteiger partial charge in [-0.25, -0.2) is 4.79 Å². The number of alkyl halides is 3. The number of nitrogens with two attached hydrogens (primary N) is 1. The fourth-order valence-electron chi connectivity index (χ4n) is 3.15. The van der Waals surface area contributed by atoms with Gasteiger partial charge in [0, 0.05) is 18.7 Å². The Labute approximate surface area is 179 Å². The van der Waals surface area contributed by atoms with Crippen LogP contribution >= 0.6 is 0 Å². The number of benzene rings is 1. The molecule has 5 N–H and O–H groups in total. The van der Waals surface area contributed by atoms with Crippen LogP contribution in [0, 0.1) is 0 Å². The first-order valence-electron chi connectivity index (χ1n) is 9.57. The van der Waals surface area contributed by atoms with Gasteiger partial charge in [-0.2, -0.15) is 13.2 Å². The maximum atomic E-state index is 12.8. The number of carbonyl (C=O) groups excluding carboxylic acids is 4. The summed E-state index contributed by atoms with van der Waals surface area (Å²) in [5, 5.41) is 12.5. The summed E-state index contributed by atoms with van der Waals surface area (Å²) in [6.07, 6.45) is -3.13. The molecule has 1 atom stereocenters. The van der Waals surface area contributed by atoms with Crippen molar-refractivity contribution in [2.45, 2.75) is 37.9 Å². The van der Waals surface area contributed by atoms with Gasteiger partial charge >= 0.3 is 12.1 Å². The monoisotopic (exact) mass is 458 g/mol. The van der Waals surface area contributed by atoms with Gasteiger partial charge < -0.3 is 16.2 Å². The number of unbranched alkanes of at least 4 members (excludes halogenated alkanes) is 1. The van der Waals surface area contributed by atoms with E-state index in [2.05, 4.69) is 10.6 Å². The number of amides is 4. The minimum atomic E-state index is -5.08. The van der Waals surface area contributed by atoms with Gasteiger partial charge in [-0.05, 0) is 37.9 Å². The molecule has 13 heteroatoms. The molecular formula is C19H21F3N4O6. The summed E-state index contributed by atoms with van der Waals surface area (Å²) in [5.74, 6) is -4.76. The zero-order valence-electron chi connectivity index (χ0n) is 16.7. The lowest BCUT2D eigenvalue weighted by Crippen LogP contribution is -2.54. The minimum absolute atomic E-state index is 0.105. The molecule has 0 saturated carbocycles. The average Bonchev–Trinajstić information content (AvgIpc) is 2.96. The predicted molar refractivity (Wildman–Crippen MR) is 104 cm³/mol. The molecule has 0 radical (unpaired) electrons. The van der Waals surface area contributed by atoms with E-state index in [0.717, 1.165) is 17.7 Å². The SMILES string of the molecule is NCCCCNc1cccc2c1C(=O)N(C1CCC(=O)NC1=O)C2=O.O=C(O)C(F)(F)F. The highest BCUT2D eigenvalue weighted by Crippen LogP contribution is 2.32. The molecule has 1 aromatic carbocycles. The number of nitrogens with zero attached hydrogens (tertiary/aromatic N) is 1. The fourth-order valence-corrected chi connectivity index (χ4v) is 3.15. The summed E-state index contributed by atoms with van der Waals surface area (Å²) in [7, 11) is 0. The average molecular weight is 458 g/mol. The number of carboxylic acids is 1. The van der Waals surface area contributed by atoms with E-state index >= 15 is 0 Å². The van der Waals surface area contributed by atoms with Crippen LogP contribution in [0.25, 0.3) is 0 Å². The van der Waals surface area contributed by atoms with Crippen molar-refractivity contribution in [1.82, 2.24) is 10.2 Å². The van der Waals surface area contributed by atoms with Crippen molar-refractivity contribution in [2.24, 2.45) is 5.73 Å². The molecule has 1 fully saturated rings. The summed E-state index contributed by atoms with van der Waals surface area (Å²) in [6.45, 7) is 1.23. The molecule has 2 aliphatic heterocycles. The van der Waals surface area contributed by atoms with E-state index in [9.17, 15) is 32.3 Å². The molecule has 0 bridgehead atoms. The second kappa shape index (κ2) is 10.2. The van der Waals surface area contributed by atoms with Gasteiger partial charge in [0.25, 0.3) is 11.8 Å². The van der Waals surface area contributed by atoms with Gasteiger partial charge in [0.15, 0.2) is 0 Å². The third-order valence-electron chi connectivity index (χ3n) is 4.66. The van der Waals surface area contributed by atoms with Crippen molar-refractivity contribution in [3.8, 4) is 0 Å². The standard InChI is InChI=1S/C17H20N4O4.C2HF3O2/c18-8-1-2-9-19-11-5-3-4-10-14(11)17(25)21(16(10)24)12-6-7-13(22)20-15(12)23;3-2(4,5)1(6)7/h3-5,12,19H,1-2,6-9,18H2,(H,20,22,23);(H,6,7). The molecule has 4 amide bonds. The van der Waals surface area contributed by atoms with E-state index < -0.39 is 35.9 Å². The first-order chi connectivity index (χ1) is 15.0. The van der Waals surface area contributed by atoms with E-state index in [1.807, 2.05) is 0 Å². The maximum Gasteiger partial charge on any atom is 0.490 e. The number of fused-ring (bicyclic) bond motifs is 1. The number of imide groups is 2. The largest absolute Gasteiger partial charge is 0.490 e. The van der Waals surface area contributed by atoms with Crippen LogP contribution in [0.4, 0.5) is 18.9 Å². The molecule has 1 unspecified atom stereocenters. The van der Waals surface area contributed by atoms with E-state index in [1.165, 1.54) is 0 Å². The molecular weight excluding hydrogens is 437 g/mol. The molecule has 10 nitrogen and oxygen atoms in total. The third kappa shape index (κ3) is 5.60. The van der Waals surface area contributed by atoms with Crippen molar-refractivity contribution < 1.29 is 42.3 Å². The van der Waals surface area contributed by atoms with Gasteiger partial charge in [0.1, 0.15) is 6.04 Å². The minimum Gasteiger partial charge on any atom is -0.475 e. The lowest BCUT2D eigenvalue weighted by molar-refractivity contribution is -0.192. The zero-order valence-corrected chi connectivity index (χ0v) is 16.7. The lowest BCUT2D eigenvalue weighted by Gasteiger charge is -2.27. The quantitative estimate of drug-likeness (QED) is 0.361. The molecule has 0 aliphatic carbocycles. The van der Waals surface area contributed by atoms with Crippen molar-refractivity contribution in [1.29, 1.82) is 0 Å². The first kappa shape index (κ1) is 24.8. The fraction of sp³-hybridized carbons (Fsp3) is 0.421. The van der Waals surface area contributed by atoms with Crippen molar-refractivity contribution in [2.75, 3.05) is 18.4 Å². The van der Waals surface area contributed by atoms with Crippen molar-refractivity contribution in [3.05, 3.63) is 29.3 Å². The van der Waals surface area contributed by atoms with Crippen LogP contribution < -0.4 is 16.4 Å². The topological polar surface area (TPSA) is 159 Å². The number of rotatable bonds is 6. The van der Waals surface area contributed by atoms with E-state index in [4.69, 9.17) is 15.6 Å². The van der Waals surface area contributed by atoms with Crippen LogP contribution in [0.1, 0.15) is 46.4 Å². The van der Waals surface area contributed by atoms with Crippen molar-refractivity contribution >= 4 is 35.3 Å². The number of aliphatic carboxylic acids is 1. The Morgan fingerprint density at radius 3 is 2.41 bits per heavy atom. The molecule has 32 heavy (non-hydrogen) atoms. The Kier molecular flexibility index (Phi) is 7.92. The number of hydrogen-bond donors (Lipinski definition) is 4. The molecule has 0 spiro atoms. The Hall–Kier alpha value is -3.48. The molecule has 0 aromatic heterocycles.